The van der Waals surface area contributed by atoms with Crippen LogP contribution in [0.2, 0.25) is 0 Å². The number of rotatable bonds is 2. The molecule has 2 nitrogen and oxygen atoms in total. The summed E-state index contributed by atoms with van der Waals surface area (Å²) in [4.78, 5) is 11.8. The van der Waals surface area contributed by atoms with Crippen LogP contribution < -0.4 is 0 Å². The molecule has 0 bridgehead atoms. The quantitative estimate of drug-likeness (QED) is 0.808. The molecule has 3 saturated carbocycles. The molecular weight excluding hydrogens is 296 g/mol. The highest BCUT2D eigenvalue weighted by Gasteiger charge is 2.58. The predicted molar refractivity (Wildman–Crippen MR) is 96.4 cm³/mol. The van der Waals surface area contributed by atoms with Crippen molar-refractivity contribution in [3.63, 3.8) is 0 Å². The van der Waals surface area contributed by atoms with E-state index in [9.17, 15) is 9.90 Å². The van der Waals surface area contributed by atoms with E-state index in [1.807, 2.05) is 12.2 Å². The minimum atomic E-state index is 0.110. The Bertz CT molecular complexity index is 603. The topological polar surface area (TPSA) is 37.3 Å². The van der Waals surface area contributed by atoms with Gasteiger partial charge in [-0.25, -0.2) is 0 Å². The highest BCUT2D eigenvalue weighted by atomic mass is 16.3. The number of carbonyl (C=O) groups excluding carboxylic acids is 1. The van der Waals surface area contributed by atoms with E-state index in [2.05, 4.69) is 26.8 Å². The van der Waals surface area contributed by atoms with Gasteiger partial charge in [-0.05, 0) is 85.7 Å². The van der Waals surface area contributed by atoms with Crippen molar-refractivity contribution in [2.45, 2.75) is 59.3 Å². The second kappa shape index (κ2) is 5.56. The molecule has 0 aliphatic heterocycles. The maximum Gasteiger partial charge on any atom is 0.178 e. The lowest BCUT2D eigenvalue weighted by atomic mass is 9.47. The van der Waals surface area contributed by atoms with Crippen molar-refractivity contribution >= 4 is 5.78 Å². The summed E-state index contributed by atoms with van der Waals surface area (Å²) in [5.41, 5.74) is 1.91. The van der Waals surface area contributed by atoms with Crippen molar-refractivity contribution in [3.05, 3.63) is 23.8 Å². The lowest BCUT2D eigenvalue weighted by Crippen LogP contribution is -2.50. The molecule has 4 aliphatic rings. The number of allylic oxidation sites excluding steroid dienone is 4. The van der Waals surface area contributed by atoms with Crippen molar-refractivity contribution < 1.29 is 9.90 Å². The molecule has 4 aliphatic carbocycles. The number of aliphatic hydroxyl groups excluding tert-OH is 1. The predicted octanol–water partition coefficient (Wildman–Crippen LogP) is 4.54. The molecule has 0 spiro atoms. The smallest absolute Gasteiger partial charge is 0.178 e. The fourth-order valence-electron chi connectivity index (χ4n) is 7.30. The first kappa shape index (κ1) is 16.6. The molecular formula is C22H32O2. The van der Waals surface area contributed by atoms with Crippen LogP contribution in [0.3, 0.4) is 0 Å². The normalized spacial score (nSPS) is 48.3. The Morgan fingerprint density at radius 3 is 2.75 bits per heavy atom. The van der Waals surface area contributed by atoms with E-state index >= 15 is 0 Å². The Balaban J connectivity index is 1.65. The van der Waals surface area contributed by atoms with Crippen LogP contribution in [0.4, 0.5) is 0 Å². The third-order valence-electron chi connectivity index (χ3n) is 8.60. The molecule has 0 aromatic heterocycles. The molecule has 0 amide bonds. The molecule has 2 heteroatoms. The van der Waals surface area contributed by atoms with Gasteiger partial charge in [-0.1, -0.05) is 32.4 Å². The Morgan fingerprint density at radius 2 is 2.00 bits per heavy atom. The van der Waals surface area contributed by atoms with E-state index in [-0.39, 0.29) is 11.2 Å². The number of fused-ring (bicyclic) bond motifs is 5. The molecule has 132 valence electrons. The van der Waals surface area contributed by atoms with E-state index in [1.165, 1.54) is 37.7 Å². The third kappa shape index (κ3) is 2.14. The summed E-state index contributed by atoms with van der Waals surface area (Å²) in [5.74, 6) is 3.58. The van der Waals surface area contributed by atoms with Crippen molar-refractivity contribution in [1.82, 2.24) is 0 Å². The summed E-state index contributed by atoms with van der Waals surface area (Å²) < 4.78 is 0. The summed E-state index contributed by atoms with van der Waals surface area (Å²) in [6, 6.07) is 0. The van der Waals surface area contributed by atoms with Crippen LogP contribution in [0.1, 0.15) is 59.3 Å². The maximum absolute atomic E-state index is 11.8. The van der Waals surface area contributed by atoms with Crippen molar-refractivity contribution in [2.24, 2.45) is 40.4 Å². The van der Waals surface area contributed by atoms with Gasteiger partial charge >= 0.3 is 0 Å². The van der Waals surface area contributed by atoms with Gasteiger partial charge in [-0.15, -0.1) is 0 Å². The highest BCUT2D eigenvalue weighted by Crippen LogP contribution is 2.66. The van der Waals surface area contributed by atoms with Crippen LogP contribution in [-0.4, -0.2) is 17.5 Å². The summed E-state index contributed by atoms with van der Waals surface area (Å²) in [7, 11) is 0. The minimum Gasteiger partial charge on any atom is -0.396 e. The van der Waals surface area contributed by atoms with E-state index in [4.69, 9.17) is 0 Å². The second-order valence-corrected chi connectivity index (χ2v) is 9.49. The van der Waals surface area contributed by atoms with E-state index in [0.29, 0.717) is 29.8 Å². The molecule has 24 heavy (non-hydrogen) atoms. The Kier molecular flexibility index (Phi) is 3.84. The SMILES string of the molecule is CC(CO)C1CC[C@H]2[C@@H]3CCC4=CC(=O)C=C[C@]4(C)[C@H]3CC[C@]12C. The molecule has 3 fully saturated rings. The first-order valence-electron chi connectivity index (χ1n) is 9.95. The second-order valence-electron chi connectivity index (χ2n) is 9.49. The van der Waals surface area contributed by atoms with Crippen molar-refractivity contribution in [2.75, 3.05) is 6.61 Å². The van der Waals surface area contributed by atoms with Crippen LogP contribution >= 0.6 is 0 Å². The molecule has 1 N–H and O–H groups in total. The monoisotopic (exact) mass is 328 g/mol. The van der Waals surface area contributed by atoms with Gasteiger partial charge in [-0.3, -0.25) is 4.79 Å². The average Bonchev–Trinajstić information content (AvgIpc) is 2.92. The minimum absolute atomic E-state index is 0.110. The van der Waals surface area contributed by atoms with E-state index in [0.717, 1.165) is 18.3 Å². The fourth-order valence-corrected chi connectivity index (χ4v) is 7.30. The molecule has 7 atom stereocenters. The lowest BCUT2D eigenvalue weighted by Gasteiger charge is -2.57. The third-order valence-corrected chi connectivity index (χ3v) is 8.60. The van der Waals surface area contributed by atoms with Crippen LogP contribution in [0.15, 0.2) is 23.8 Å². The molecule has 0 heterocycles. The molecule has 0 aromatic rings. The van der Waals surface area contributed by atoms with Crippen LogP contribution in [0, 0.1) is 40.4 Å². The van der Waals surface area contributed by atoms with Gasteiger partial charge in [0, 0.05) is 12.0 Å². The standard InChI is InChI=1S/C22H32O2/c1-14(13-23)18-6-7-19-17-5-4-15-12-16(24)8-10-21(15,2)20(17)9-11-22(18,19)3/h8,10,12,14,17-20,23H,4-7,9,11,13H2,1-3H3/t14?,17-,18?,19-,20-,21-,22+/m0/s1. The van der Waals surface area contributed by atoms with Crippen molar-refractivity contribution in [1.29, 1.82) is 0 Å². The van der Waals surface area contributed by atoms with Gasteiger partial charge in [0.15, 0.2) is 5.78 Å². The van der Waals surface area contributed by atoms with Crippen LogP contribution in [0.5, 0.6) is 0 Å². The molecule has 2 unspecified atom stereocenters. The number of carbonyl (C=O) groups is 1. The van der Waals surface area contributed by atoms with Gasteiger partial charge in [0.05, 0.1) is 0 Å². The summed E-state index contributed by atoms with van der Waals surface area (Å²) in [5, 5.41) is 9.70. The Labute approximate surface area is 146 Å². The number of aliphatic hydroxyl groups is 1. The van der Waals surface area contributed by atoms with E-state index < -0.39 is 0 Å². The summed E-state index contributed by atoms with van der Waals surface area (Å²) in [6.45, 7) is 7.47. The number of hydrogen-bond acceptors (Lipinski definition) is 2. The van der Waals surface area contributed by atoms with Crippen molar-refractivity contribution in [3.8, 4) is 0 Å². The zero-order valence-corrected chi connectivity index (χ0v) is 15.4. The zero-order valence-electron chi connectivity index (χ0n) is 15.4. The largest absolute Gasteiger partial charge is 0.396 e. The summed E-state index contributed by atoms with van der Waals surface area (Å²) in [6.07, 6.45) is 13.5. The van der Waals surface area contributed by atoms with Crippen LogP contribution in [-0.2, 0) is 4.79 Å². The lowest BCUT2D eigenvalue weighted by molar-refractivity contribution is -0.111. The first-order chi connectivity index (χ1) is 11.4. The maximum atomic E-state index is 11.8. The zero-order chi connectivity index (χ0) is 17.1. The van der Waals surface area contributed by atoms with Crippen LogP contribution in [0.25, 0.3) is 0 Å². The van der Waals surface area contributed by atoms with Gasteiger partial charge in [0.25, 0.3) is 0 Å². The van der Waals surface area contributed by atoms with Gasteiger partial charge in [0.2, 0.25) is 0 Å². The van der Waals surface area contributed by atoms with E-state index in [1.54, 1.807) is 0 Å². The Hall–Kier alpha value is -0.890. The fraction of sp³-hybridized carbons (Fsp3) is 0.773. The Morgan fingerprint density at radius 1 is 1.21 bits per heavy atom. The van der Waals surface area contributed by atoms with Gasteiger partial charge in [0.1, 0.15) is 0 Å². The molecule has 0 aromatic carbocycles. The van der Waals surface area contributed by atoms with Gasteiger partial charge < -0.3 is 5.11 Å². The average molecular weight is 328 g/mol. The first-order valence-corrected chi connectivity index (χ1v) is 9.95. The molecule has 4 rings (SSSR count). The molecule has 0 radical (unpaired) electrons. The van der Waals surface area contributed by atoms with Gasteiger partial charge in [-0.2, -0.15) is 0 Å². The number of ketones is 1. The summed E-state index contributed by atoms with van der Waals surface area (Å²) >= 11 is 0. The highest BCUT2D eigenvalue weighted by molar-refractivity contribution is 6.01. The molecule has 0 saturated heterocycles. The number of hydrogen-bond donors (Lipinski definition) is 1.